The van der Waals surface area contributed by atoms with Crippen LogP contribution < -0.4 is 0 Å². The fourth-order valence-corrected chi connectivity index (χ4v) is 2.20. The van der Waals surface area contributed by atoms with Gasteiger partial charge < -0.3 is 9.52 Å². The van der Waals surface area contributed by atoms with E-state index in [1.807, 2.05) is 0 Å². The van der Waals surface area contributed by atoms with Gasteiger partial charge in [-0.2, -0.15) is 13.2 Å². The second kappa shape index (κ2) is 5.50. The summed E-state index contributed by atoms with van der Waals surface area (Å²) in [6.45, 7) is 0. The summed E-state index contributed by atoms with van der Waals surface area (Å²) < 4.78 is 56.7. The minimum Gasteiger partial charge on any atom is -0.450 e. The molecule has 1 N–H and O–H groups in total. The van der Waals surface area contributed by atoms with Gasteiger partial charge in [-0.3, -0.25) is 0 Å². The quantitative estimate of drug-likeness (QED) is 0.694. The largest absolute Gasteiger partial charge is 0.450 e. The number of hydrogen-bond donors (Lipinski definition) is 1. The Kier molecular flexibility index (Phi) is 4.27. The maximum atomic E-state index is 13.4. The van der Waals surface area contributed by atoms with Crippen molar-refractivity contribution in [2.45, 2.75) is 12.3 Å². The summed E-state index contributed by atoms with van der Waals surface area (Å²) in [7, 11) is 0. The van der Waals surface area contributed by atoms with Crippen molar-refractivity contribution in [2.75, 3.05) is 0 Å². The molecule has 0 fully saturated rings. The van der Waals surface area contributed by atoms with E-state index in [1.54, 1.807) is 0 Å². The van der Waals surface area contributed by atoms with E-state index in [0.717, 1.165) is 6.07 Å². The smallest absolute Gasteiger partial charge is 0.419 e. The van der Waals surface area contributed by atoms with Crippen LogP contribution in [0.3, 0.4) is 0 Å². The van der Waals surface area contributed by atoms with Crippen molar-refractivity contribution in [1.82, 2.24) is 0 Å². The van der Waals surface area contributed by atoms with Gasteiger partial charge in [0.2, 0.25) is 0 Å². The van der Waals surface area contributed by atoms with Gasteiger partial charge in [-0.15, -0.1) is 0 Å². The standard InChI is InChI=1S/C12H6Br2F4O2/c13-7-4-9(20-11(7)14)10(19)5-1-2-6(8(15)3-5)12(16,17)18/h1-4,10,19H. The van der Waals surface area contributed by atoms with Crippen molar-refractivity contribution in [3.05, 3.63) is 56.1 Å². The summed E-state index contributed by atoms with van der Waals surface area (Å²) in [5.74, 6) is -1.37. The van der Waals surface area contributed by atoms with Crippen LogP contribution in [0.5, 0.6) is 0 Å². The van der Waals surface area contributed by atoms with Crippen LogP contribution in [0.4, 0.5) is 17.6 Å². The summed E-state index contributed by atoms with van der Waals surface area (Å²) in [6, 6.07) is 3.66. The molecule has 1 aromatic carbocycles. The third-order valence-electron chi connectivity index (χ3n) is 2.55. The molecule has 1 unspecified atom stereocenters. The maximum absolute atomic E-state index is 13.4. The highest BCUT2D eigenvalue weighted by Gasteiger charge is 2.34. The van der Waals surface area contributed by atoms with Crippen molar-refractivity contribution < 1.29 is 27.1 Å². The van der Waals surface area contributed by atoms with E-state index in [4.69, 9.17) is 4.42 Å². The van der Waals surface area contributed by atoms with Crippen LogP contribution in [0.25, 0.3) is 0 Å². The molecule has 1 aromatic heterocycles. The van der Waals surface area contributed by atoms with Crippen LogP contribution in [0.15, 0.2) is 37.8 Å². The monoisotopic (exact) mass is 416 g/mol. The SMILES string of the molecule is OC(c1ccc(C(F)(F)F)c(F)c1)c1cc(Br)c(Br)o1. The van der Waals surface area contributed by atoms with E-state index in [-0.39, 0.29) is 11.3 Å². The Labute approximate surface area is 127 Å². The Hall–Kier alpha value is -0.860. The lowest BCUT2D eigenvalue weighted by atomic mass is 10.0. The minimum atomic E-state index is -4.77. The molecule has 1 heterocycles. The van der Waals surface area contributed by atoms with Gasteiger partial charge in [0.1, 0.15) is 17.7 Å². The highest BCUT2D eigenvalue weighted by molar-refractivity contribution is 9.13. The van der Waals surface area contributed by atoms with Gasteiger partial charge in [-0.25, -0.2) is 4.39 Å². The van der Waals surface area contributed by atoms with Crippen LogP contribution in [0.1, 0.15) is 23.0 Å². The zero-order valence-corrected chi connectivity index (χ0v) is 12.7. The molecule has 0 saturated carbocycles. The van der Waals surface area contributed by atoms with Crippen molar-refractivity contribution in [3.8, 4) is 0 Å². The van der Waals surface area contributed by atoms with Crippen LogP contribution in [0.2, 0.25) is 0 Å². The fraction of sp³-hybridized carbons (Fsp3) is 0.167. The first-order valence-electron chi connectivity index (χ1n) is 5.19. The Morgan fingerprint density at radius 2 is 1.80 bits per heavy atom. The molecule has 0 spiro atoms. The van der Waals surface area contributed by atoms with Crippen molar-refractivity contribution in [2.24, 2.45) is 0 Å². The predicted molar refractivity (Wildman–Crippen MR) is 69.6 cm³/mol. The van der Waals surface area contributed by atoms with E-state index in [2.05, 4.69) is 31.9 Å². The van der Waals surface area contributed by atoms with Crippen LogP contribution in [0, 0.1) is 5.82 Å². The van der Waals surface area contributed by atoms with Gasteiger partial charge in [-0.1, -0.05) is 6.07 Å². The average molecular weight is 418 g/mol. The summed E-state index contributed by atoms with van der Waals surface area (Å²) >= 11 is 6.20. The van der Waals surface area contributed by atoms with E-state index < -0.39 is 23.7 Å². The Morgan fingerprint density at radius 1 is 1.15 bits per heavy atom. The molecule has 0 aliphatic heterocycles. The first-order chi connectivity index (χ1) is 9.20. The normalized spacial score (nSPS) is 13.6. The summed E-state index contributed by atoms with van der Waals surface area (Å²) in [5.41, 5.74) is -1.42. The molecule has 0 aliphatic carbocycles. The Bertz CT molecular complexity index is 617. The lowest BCUT2D eigenvalue weighted by molar-refractivity contribution is -0.140. The summed E-state index contributed by atoms with van der Waals surface area (Å²) in [6.07, 6.45) is -6.14. The molecule has 0 bridgehead atoms. The van der Waals surface area contributed by atoms with E-state index in [0.29, 0.717) is 21.3 Å². The average Bonchev–Trinajstić information content (AvgIpc) is 2.67. The molecule has 0 radical (unpaired) electrons. The highest BCUT2D eigenvalue weighted by atomic mass is 79.9. The van der Waals surface area contributed by atoms with Crippen LogP contribution in [-0.2, 0) is 6.18 Å². The molecule has 0 aliphatic rings. The molecule has 8 heteroatoms. The summed E-state index contributed by atoms with van der Waals surface area (Å²) in [5, 5.41) is 9.96. The van der Waals surface area contributed by atoms with Gasteiger partial charge in [0.05, 0.1) is 10.0 Å². The van der Waals surface area contributed by atoms with Gasteiger partial charge in [-0.05, 0) is 55.6 Å². The highest BCUT2D eigenvalue weighted by Crippen LogP contribution is 2.35. The van der Waals surface area contributed by atoms with Crippen molar-refractivity contribution in [3.63, 3.8) is 0 Å². The van der Waals surface area contributed by atoms with Crippen molar-refractivity contribution >= 4 is 31.9 Å². The molecule has 2 rings (SSSR count). The topological polar surface area (TPSA) is 33.4 Å². The first kappa shape index (κ1) is 15.5. The molecule has 2 aromatic rings. The molecule has 20 heavy (non-hydrogen) atoms. The number of aliphatic hydroxyl groups is 1. The minimum absolute atomic E-state index is 0.0377. The van der Waals surface area contributed by atoms with Crippen LogP contribution in [-0.4, -0.2) is 5.11 Å². The first-order valence-corrected chi connectivity index (χ1v) is 6.78. The third-order valence-corrected chi connectivity index (χ3v) is 4.26. The number of hydrogen-bond acceptors (Lipinski definition) is 2. The van der Waals surface area contributed by atoms with E-state index in [1.165, 1.54) is 6.07 Å². The second-order valence-corrected chi connectivity index (χ2v) is 5.48. The third kappa shape index (κ3) is 3.07. The zero-order chi connectivity index (χ0) is 15.1. The molecule has 0 amide bonds. The van der Waals surface area contributed by atoms with Gasteiger partial charge in [0, 0.05) is 0 Å². The van der Waals surface area contributed by atoms with Gasteiger partial charge >= 0.3 is 6.18 Å². The number of halogens is 6. The molecule has 108 valence electrons. The number of alkyl halides is 3. The Balaban J connectivity index is 2.36. The Morgan fingerprint density at radius 3 is 2.25 bits per heavy atom. The zero-order valence-electron chi connectivity index (χ0n) is 9.51. The van der Waals surface area contributed by atoms with Crippen LogP contribution >= 0.6 is 31.9 Å². The molecule has 1 atom stereocenters. The summed E-state index contributed by atoms with van der Waals surface area (Å²) in [4.78, 5) is 0. The lowest BCUT2D eigenvalue weighted by Gasteiger charge is -2.12. The number of furan rings is 1. The second-order valence-electron chi connectivity index (χ2n) is 3.91. The van der Waals surface area contributed by atoms with Crippen molar-refractivity contribution in [1.29, 1.82) is 0 Å². The van der Waals surface area contributed by atoms with E-state index in [9.17, 15) is 22.7 Å². The molecule has 2 nitrogen and oxygen atoms in total. The predicted octanol–water partition coefficient (Wildman–Crippen LogP) is 5.04. The molecule has 0 saturated heterocycles. The van der Waals surface area contributed by atoms with E-state index >= 15 is 0 Å². The fourth-order valence-electron chi connectivity index (χ4n) is 1.59. The van der Waals surface area contributed by atoms with Gasteiger partial charge in [0.25, 0.3) is 0 Å². The maximum Gasteiger partial charge on any atom is 0.419 e. The lowest BCUT2D eigenvalue weighted by Crippen LogP contribution is -2.09. The number of benzene rings is 1. The number of aliphatic hydroxyl groups excluding tert-OH is 1. The van der Waals surface area contributed by atoms with Gasteiger partial charge in [0.15, 0.2) is 4.67 Å². The molecular weight excluding hydrogens is 412 g/mol. The molecular formula is C12H6Br2F4O2. The number of rotatable bonds is 2.